The molecule has 1 saturated carbocycles. The van der Waals surface area contributed by atoms with E-state index in [-0.39, 0.29) is 17.9 Å². The summed E-state index contributed by atoms with van der Waals surface area (Å²) >= 11 is 0. The fourth-order valence-corrected chi connectivity index (χ4v) is 2.60. The number of hydrogen-bond acceptors (Lipinski definition) is 5. The van der Waals surface area contributed by atoms with Crippen molar-refractivity contribution in [2.75, 3.05) is 0 Å². The van der Waals surface area contributed by atoms with Crippen LogP contribution in [0.3, 0.4) is 0 Å². The first-order valence-electron chi connectivity index (χ1n) is 6.73. The van der Waals surface area contributed by atoms with Crippen molar-refractivity contribution < 1.29 is 19.2 Å². The summed E-state index contributed by atoms with van der Waals surface area (Å²) in [6, 6.07) is 1.59. The number of aromatic nitrogens is 2. The maximum Gasteiger partial charge on any atom is 0.306 e. The number of rotatable bonds is 3. The Balaban J connectivity index is 1.82. The summed E-state index contributed by atoms with van der Waals surface area (Å²) < 4.78 is 5.10. The Labute approximate surface area is 120 Å². The third-order valence-corrected chi connectivity index (χ3v) is 3.81. The predicted molar refractivity (Wildman–Crippen MR) is 72.9 cm³/mol. The first-order valence-corrected chi connectivity index (χ1v) is 6.73. The summed E-state index contributed by atoms with van der Waals surface area (Å²) in [6.07, 6.45) is 0.938. The van der Waals surface area contributed by atoms with Gasteiger partial charge in [0.15, 0.2) is 0 Å². The summed E-state index contributed by atoms with van der Waals surface area (Å²) in [7, 11) is 0. The number of aryl methyl sites for hydroxylation is 2. The van der Waals surface area contributed by atoms with Crippen LogP contribution in [0.4, 0.5) is 0 Å². The Bertz CT molecular complexity index is 731. The van der Waals surface area contributed by atoms with Crippen LogP contribution >= 0.6 is 0 Å². The fourth-order valence-electron chi connectivity index (χ4n) is 2.60. The van der Waals surface area contributed by atoms with Gasteiger partial charge in [0.2, 0.25) is 0 Å². The van der Waals surface area contributed by atoms with Gasteiger partial charge in [0.1, 0.15) is 0 Å². The molecule has 7 nitrogen and oxygen atoms in total. The second-order valence-electron chi connectivity index (χ2n) is 5.44. The van der Waals surface area contributed by atoms with Gasteiger partial charge in [-0.25, -0.2) is 4.98 Å². The van der Waals surface area contributed by atoms with E-state index >= 15 is 0 Å². The number of nitrogens with one attached hydrogen (secondary N) is 1. The molecule has 1 aliphatic rings. The van der Waals surface area contributed by atoms with Crippen molar-refractivity contribution in [3.05, 3.63) is 23.0 Å². The van der Waals surface area contributed by atoms with Crippen LogP contribution in [-0.4, -0.2) is 33.2 Å². The van der Waals surface area contributed by atoms with Crippen LogP contribution in [-0.2, 0) is 4.79 Å². The van der Waals surface area contributed by atoms with Crippen molar-refractivity contribution in [1.29, 1.82) is 0 Å². The molecule has 2 aromatic rings. The number of carboxylic acid groups (broad SMARTS) is 1. The molecule has 0 bridgehead atoms. The number of nitrogens with zero attached hydrogens (tertiary/aromatic N) is 2. The highest BCUT2D eigenvalue weighted by molar-refractivity contribution is 6.06. The molecule has 0 atom stereocenters. The molecule has 2 aromatic heterocycles. The first-order chi connectivity index (χ1) is 9.95. The van der Waals surface area contributed by atoms with Crippen LogP contribution in [0, 0.1) is 19.8 Å². The minimum absolute atomic E-state index is 0.0951. The number of fused-ring (bicyclic) bond motifs is 1. The summed E-state index contributed by atoms with van der Waals surface area (Å²) in [5.74, 6) is -1.41. The molecule has 3 rings (SSSR count). The standard InChI is InChI=1S/C14H15N3O4/c1-6-3-10(11-7(2)17-21-13(11)15-6)12(18)16-9-4-8(5-9)14(19)20/h3,8-9H,4-5H2,1-2H3,(H,16,18)(H,19,20). The molecule has 7 heteroatoms. The molecule has 1 amide bonds. The molecule has 21 heavy (non-hydrogen) atoms. The second-order valence-corrected chi connectivity index (χ2v) is 5.44. The molecule has 0 aromatic carbocycles. The minimum atomic E-state index is -0.808. The van der Waals surface area contributed by atoms with Crippen molar-refractivity contribution in [2.45, 2.75) is 32.7 Å². The maximum atomic E-state index is 12.4. The zero-order valence-electron chi connectivity index (χ0n) is 11.7. The van der Waals surface area contributed by atoms with Crippen LogP contribution in [0.2, 0.25) is 0 Å². The molecule has 2 N–H and O–H groups in total. The molecule has 1 aliphatic carbocycles. The molecule has 0 unspecified atom stereocenters. The van der Waals surface area contributed by atoms with Crippen LogP contribution in [0.25, 0.3) is 11.1 Å². The SMILES string of the molecule is Cc1cc(C(=O)NC2CC(C(=O)O)C2)c2c(C)noc2n1. The van der Waals surface area contributed by atoms with Gasteiger partial charge in [0.25, 0.3) is 11.6 Å². The lowest BCUT2D eigenvalue weighted by Crippen LogP contribution is -2.46. The van der Waals surface area contributed by atoms with Crippen molar-refractivity contribution in [3.8, 4) is 0 Å². The lowest BCUT2D eigenvalue weighted by Gasteiger charge is -2.32. The number of hydrogen-bond donors (Lipinski definition) is 2. The zero-order chi connectivity index (χ0) is 15.1. The number of carboxylic acids is 1. The second kappa shape index (κ2) is 4.83. The van der Waals surface area contributed by atoms with Gasteiger partial charge < -0.3 is 14.9 Å². The van der Waals surface area contributed by atoms with Gasteiger partial charge in [-0.1, -0.05) is 5.16 Å². The summed E-state index contributed by atoms with van der Waals surface area (Å²) in [4.78, 5) is 27.4. The van der Waals surface area contributed by atoms with Gasteiger partial charge in [-0.15, -0.1) is 0 Å². The van der Waals surface area contributed by atoms with Crippen LogP contribution in [0.1, 0.15) is 34.6 Å². The van der Waals surface area contributed by atoms with E-state index in [1.165, 1.54) is 0 Å². The van der Waals surface area contributed by atoms with Crippen LogP contribution in [0.15, 0.2) is 10.6 Å². The number of amides is 1. The zero-order valence-corrected chi connectivity index (χ0v) is 11.7. The Morgan fingerprint density at radius 1 is 1.38 bits per heavy atom. The predicted octanol–water partition coefficient (Wildman–Crippen LogP) is 1.43. The quantitative estimate of drug-likeness (QED) is 0.885. The largest absolute Gasteiger partial charge is 0.481 e. The minimum Gasteiger partial charge on any atom is -0.481 e. The molecular formula is C14H15N3O4. The van der Waals surface area contributed by atoms with Crippen LogP contribution in [0.5, 0.6) is 0 Å². The monoisotopic (exact) mass is 289 g/mol. The third-order valence-electron chi connectivity index (χ3n) is 3.81. The molecule has 110 valence electrons. The number of carbonyl (C=O) groups excluding carboxylic acids is 1. The first kappa shape index (κ1) is 13.5. The highest BCUT2D eigenvalue weighted by atomic mass is 16.5. The smallest absolute Gasteiger partial charge is 0.306 e. The van der Waals surface area contributed by atoms with E-state index in [2.05, 4.69) is 15.5 Å². The van der Waals surface area contributed by atoms with Gasteiger partial charge in [-0.05, 0) is 32.8 Å². The van der Waals surface area contributed by atoms with Gasteiger partial charge in [0.05, 0.1) is 22.6 Å². The number of aliphatic carboxylic acids is 1. The molecule has 0 spiro atoms. The Morgan fingerprint density at radius 3 is 2.76 bits per heavy atom. The van der Waals surface area contributed by atoms with Crippen molar-refractivity contribution in [2.24, 2.45) is 5.92 Å². The molecule has 0 saturated heterocycles. The number of pyridine rings is 1. The van der Waals surface area contributed by atoms with Crippen molar-refractivity contribution in [3.63, 3.8) is 0 Å². The lowest BCUT2D eigenvalue weighted by molar-refractivity contribution is -0.145. The normalized spacial score (nSPS) is 21.0. The molecule has 1 fully saturated rings. The van der Waals surface area contributed by atoms with Gasteiger partial charge in [-0.2, -0.15) is 0 Å². The van der Waals surface area contributed by atoms with Gasteiger partial charge >= 0.3 is 5.97 Å². The molecule has 0 aliphatic heterocycles. The van der Waals surface area contributed by atoms with Crippen LogP contribution < -0.4 is 5.32 Å². The summed E-state index contributed by atoms with van der Waals surface area (Å²) in [5.41, 5.74) is 2.09. The molecular weight excluding hydrogens is 274 g/mol. The summed E-state index contributed by atoms with van der Waals surface area (Å²) in [6.45, 7) is 3.53. The van der Waals surface area contributed by atoms with Crippen molar-refractivity contribution >= 4 is 23.0 Å². The third kappa shape index (κ3) is 2.35. The Kier molecular flexibility index (Phi) is 3.12. The molecule has 2 heterocycles. The Morgan fingerprint density at radius 2 is 2.10 bits per heavy atom. The van der Waals surface area contributed by atoms with Gasteiger partial charge in [-0.3, -0.25) is 9.59 Å². The number of carbonyl (C=O) groups is 2. The van der Waals surface area contributed by atoms with E-state index in [9.17, 15) is 9.59 Å². The maximum absolute atomic E-state index is 12.4. The van der Waals surface area contributed by atoms with E-state index in [0.29, 0.717) is 40.9 Å². The topological polar surface area (TPSA) is 105 Å². The van der Waals surface area contributed by atoms with Crippen molar-refractivity contribution in [1.82, 2.24) is 15.5 Å². The Hall–Kier alpha value is -2.44. The van der Waals surface area contributed by atoms with E-state index in [4.69, 9.17) is 9.63 Å². The fraction of sp³-hybridized carbons (Fsp3) is 0.429. The average molecular weight is 289 g/mol. The average Bonchev–Trinajstić information content (AvgIpc) is 2.73. The highest BCUT2D eigenvalue weighted by Gasteiger charge is 2.35. The lowest BCUT2D eigenvalue weighted by atomic mass is 9.80. The van der Waals surface area contributed by atoms with E-state index in [0.717, 1.165) is 0 Å². The van der Waals surface area contributed by atoms with E-state index in [1.54, 1.807) is 19.9 Å². The van der Waals surface area contributed by atoms with E-state index < -0.39 is 5.97 Å². The summed E-state index contributed by atoms with van der Waals surface area (Å²) in [5, 5.41) is 16.1. The highest BCUT2D eigenvalue weighted by Crippen LogP contribution is 2.28. The molecule has 0 radical (unpaired) electrons. The van der Waals surface area contributed by atoms with E-state index in [1.807, 2.05) is 0 Å². The van der Waals surface area contributed by atoms with Gasteiger partial charge in [0, 0.05) is 11.7 Å².